The van der Waals surface area contributed by atoms with Crippen LogP contribution in [0.4, 0.5) is 0 Å². The van der Waals surface area contributed by atoms with Crippen molar-refractivity contribution < 1.29 is 14.3 Å². The largest absolute Gasteiger partial charge is 0.469 e. The Morgan fingerprint density at radius 2 is 2.33 bits per heavy atom. The van der Waals surface area contributed by atoms with Crippen LogP contribution in [-0.2, 0) is 14.3 Å². The summed E-state index contributed by atoms with van der Waals surface area (Å²) in [5, 5.41) is 0. The first-order chi connectivity index (χ1) is 5.74. The average Bonchev–Trinajstić information content (AvgIpc) is 2.47. The Balaban J connectivity index is 2.46. The van der Waals surface area contributed by atoms with Gasteiger partial charge in [-0.25, -0.2) is 0 Å². The van der Waals surface area contributed by atoms with Crippen LogP contribution in [0.1, 0.15) is 25.7 Å². The normalized spacial score (nSPS) is 20.1. The SMILES string of the molecule is COC(=O)C/C=C1\CCCC1=O. The van der Waals surface area contributed by atoms with E-state index in [1.807, 2.05) is 0 Å². The maximum absolute atomic E-state index is 11.1. The second-order valence-electron chi connectivity index (χ2n) is 2.79. The van der Waals surface area contributed by atoms with Crippen molar-refractivity contribution in [1.82, 2.24) is 0 Å². The fraction of sp³-hybridized carbons (Fsp3) is 0.556. The van der Waals surface area contributed by atoms with E-state index in [9.17, 15) is 9.59 Å². The van der Waals surface area contributed by atoms with Crippen LogP contribution in [-0.4, -0.2) is 18.9 Å². The molecule has 0 aromatic carbocycles. The van der Waals surface area contributed by atoms with E-state index >= 15 is 0 Å². The summed E-state index contributed by atoms with van der Waals surface area (Å²) < 4.78 is 4.45. The van der Waals surface area contributed by atoms with Gasteiger partial charge < -0.3 is 4.74 Å². The van der Waals surface area contributed by atoms with Crippen molar-refractivity contribution in [3.05, 3.63) is 11.6 Å². The molecule has 0 bridgehead atoms. The summed E-state index contributed by atoms with van der Waals surface area (Å²) in [6, 6.07) is 0. The molecule has 0 spiro atoms. The van der Waals surface area contributed by atoms with Gasteiger partial charge in [0.2, 0.25) is 0 Å². The van der Waals surface area contributed by atoms with Gasteiger partial charge in [-0.3, -0.25) is 9.59 Å². The highest BCUT2D eigenvalue weighted by Crippen LogP contribution is 2.20. The maximum Gasteiger partial charge on any atom is 0.309 e. The van der Waals surface area contributed by atoms with Crippen molar-refractivity contribution in [3.63, 3.8) is 0 Å². The lowest BCUT2D eigenvalue weighted by Crippen LogP contribution is -1.99. The Hall–Kier alpha value is -1.12. The van der Waals surface area contributed by atoms with E-state index in [-0.39, 0.29) is 18.2 Å². The van der Waals surface area contributed by atoms with Gasteiger partial charge >= 0.3 is 5.97 Å². The molecule has 1 fully saturated rings. The van der Waals surface area contributed by atoms with Gasteiger partial charge in [0.15, 0.2) is 5.78 Å². The number of rotatable bonds is 2. The number of ketones is 1. The molecule has 0 unspecified atom stereocenters. The van der Waals surface area contributed by atoms with Crippen molar-refractivity contribution in [3.8, 4) is 0 Å². The summed E-state index contributed by atoms with van der Waals surface area (Å²) in [6.07, 6.45) is 4.27. The van der Waals surface area contributed by atoms with Crippen molar-refractivity contribution in [2.75, 3.05) is 7.11 Å². The molecule has 66 valence electrons. The van der Waals surface area contributed by atoms with Crippen LogP contribution < -0.4 is 0 Å². The standard InChI is InChI=1S/C9H12O3/c1-12-9(11)6-5-7-3-2-4-8(7)10/h5H,2-4,6H2,1H3/b7-5+. The van der Waals surface area contributed by atoms with Crippen LogP contribution in [0.5, 0.6) is 0 Å². The number of carbonyl (C=O) groups excluding carboxylic acids is 2. The Morgan fingerprint density at radius 3 is 2.83 bits per heavy atom. The Labute approximate surface area is 71.4 Å². The van der Waals surface area contributed by atoms with E-state index in [1.165, 1.54) is 7.11 Å². The predicted octanol–water partition coefficient (Wildman–Crippen LogP) is 1.23. The lowest BCUT2D eigenvalue weighted by molar-refractivity contribution is -0.139. The Kier molecular flexibility index (Phi) is 3.02. The van der Waals surface area contributed by atoms with E-state index in [1.54, 1.807) is 6.08 Å². The van der Waals surface area contributed by atoms with E-state index < -0.39 is 0 Å². The third-order valence-electron chi connectivity index (χ3n) is 1.95. The molecule has 1 aliphatic rings. The summed E-state index contributed by atoms with van der Waals surface area (Å²) in [6.45, 7) is 0. The highest BCUT2D eigenvalue weighted by Gasteiger charge is 2.16. The van der Waals surface area contributed by atoms with E-state index in [0.717, 1.165) is 18.4 Å². The number of ether oxygens (including phenoxy) is 1. The number of hydrogen-bond donors (Lipinski definition) is 0. The van der Waals surface area contributed by atoms with Gasteiger partial charge in [-0.05, 0) is 18.4 Å². The van der Waals surface area contributed by atoms with Gasteiger partial charge in [0.1, 0.15) is 0 Å². The first-order valence-electron chi connectivity index (χ1n) is 4.03. The zero-order valence-electron chi connectivity index (χ0n) is 7.13. The van der Waals surface area contributed by atoms with Crippen LogP contribution in [0.25, 0.3) is 0 Å². The van der Waals surface area contributed by atoms with Gasteiger partial charge in [-0.2, -0.15) is 0 Å². The molecule has 0 aromatic rings. The molecular weight excluding hydrogens is 156 g/mol. The zero-order chi connectivity index (χ0) is 8.97. The highest BCUT2D eigenvalue weighted by molar-refractivity contribution is 5.97. The molecule has 12 heavy (non-hydrogen) atoms. The van der Waals surface area contributed by atoms with Crippen molar-refractivity contribution in [1.29, 1.82) is 0 Å². The number of allylic oxidation sites excluding steroid dienone is 1. The monoisotopic (exact) mass is 168 g/mol. The molecule has 0 N–H and O–H groups in total. The van der Waals surface area contributed by atoms with Gasteiger partial charge in [-0.1, -0.05) is 6.08 Å². The second kappa shape index (κ2) is 4.04. The summed E-state index contributed by atoms with van der Waals surface area (Å²) in [5.74, 6) is -0.110. The maximum atomic E-state index is 11.1. The lowest BCUT2D eigenvalue weighted by atomic mass is 10.2. The molecule has 0 aromatic heterocycles. The van der Waals surface area contributed by atoms with Crippen LogP contribution >= 0.6 is 0 Å². The number of Topliss-reactive ketones (excluding diaryl/α,β-unsaturated/α-hetero) is 1. The Bertz CT molecular complexity index is 228. The smallest absolute Gasteiger partial charge is 0.309 e. The molecule has 1 aliphatic carbocycles. The number of hydrogen-bond acceptors (Lipinski definition) is 3. The third-order valence-corrected chi connectivity index (χ3v) is 1.95. The minimum atomic E-state index is -0.290. The third kappa shape index (κ3) is 2.19. The fourth-order valence-electron chi connectivity index (χ4n) is 1.25. The van der Waals surface area contributed by atoms with Crippen molar-refractivity contribution >= 4 is 11.8 Å². The van der Waals surface area contributed by atoms with E-state index in [0.29, 0.717) is 6.42 Å². The zero-order valence-corrected chi connectivity index (χ0v) is 7.13. The van der Waals surface area contributed by atoms with Gasteiger partial charge in [0.25, 0.3) is 0 Å². The van der Waals surface area contributed by atoms with Crippen LogP contribution in [0.3, 0.4) is 0 Å². The average molecular weight is 168 g/mol. The minimum absolute atomic E-state index is 0.180. The van der Waals surface area contributed by atoms with Crippen LogP contribution in [0.15, 0.2) is 11.6 Å². The topological polar surface area (TPSA) is 43.4 Å². The molecule has 0 heterocycles. The molecule has 0 atom stereocenters. The molecule has 0 aliphatic heterocycles. The first-order valence-corrected chi connectivity index (χ1v) is 4.03. The van der Waals surface area contributed by atoms with Crippen LogP contribution in [0.2, 0.25) is 0 Å². The number of methoxy groups -OCH3 is 1. The molecule has 0 saturated heterocycles. The summed E-state index contributed by atoms with van der Waals surface area (Å²) in [5.41, 5.74) is 0.792. The van der Waals surface area contributed by atoms with Gasteiger partial charge in [0.05, 0.1) is 13.5 Å². The number of esters is 1. The predicted molar refractivity (Wildman–Crippen MR) is 43.6 cm³/mol. The molecule has 3 nitrogen and oxygen atoms in total. The van der Waals surface area contributed by atoms with Gasteiger partial charge in [-0.15, -0.1) is 0 Å². The summed E-state index contributed by atoms with van der Waals surface area (Å²) in [7, 11) is 1.34. The van der Waals surface area contributed by atoms with E-state index in [2.05, 4.69) is 4.74 Å². The van der Waals surface area contributed by atoms with Crippen molar-refractivity contribution in [2.45, 2.75) is 25.7 Å². The van der Waals surface area contributed by atoms with Crippen LogP contribution in [0, 0.1) is 0 Å². The molecule has 1 rings (SSSR count). The lowest BCUT2D eigenvalue weighted by Gasteiger charge is -1.94. The Morgan fingerprint density at radius 1 is 1.58 bits per heavy atom. The minimum Gasteiger partial charge on any atom is -0.469 e. The molecule has 0 amide bonds. The van der Waals surface area contributed by atoms with Gasteiger partial charge in [0, 0.05) is 6.42 Å². The summed E-state index contributed by atoms with van der Waals surface area (Å²) in [4.78, 5) is 21.8. The first kappa shape index (κ1) is 8.97. The van der Waals surface area contributed by atoms with E-state index in [4.69, 9.17) is 0 Å². The molecule has 0 radical (unpaired) electrons. The fourth-order valence-corrected chi connectivity index (χ4v) is 1.25. The van der Waals surface area contributed by atoms with Crippen molar-refractivity contribution in [2.24, 2.45) is 0 Å². The second-order valence-corrected chi connectivity index (χ2v) is 2.79. The molecular formula is C9H12O3. The summed E-state index contributed by atoms with van der Waals surface area (Å²) >= 11 is 0. The highest BCUT2D eigenvalue weighted by atomic mass is 16.5. The molecule has 3 heteroatoms. The quantitative estimate of drug-likeness (QED) is 0.460. The number of carbonyl (C=O) groups is 2. The molecule has 1 saturated carbocycles.